The maximum atomic E-state index is 13.4. The highest BCUT2D eigenvalue weighted by molar-refractivity contribution is 7.89. The lowest BCUT2D eigenvalue weighted by Gasteiger charge is -2.56. The topological polar surface area (TPSA) is 46.6 Å². The van der Waals surface area contributed by atoms with Crippen LogP contribution in [0.1, 0.15) is 20.3 Å². The molecule has 4 rings (SSSR count). The van der Waals surface area contributed by atoms with Crippen LogP contribution in [0.3, 0.4) is 0 Å². The fourth-order valence-electron chi connectivity index (χ4n) is 5.31. The normalized spacial score (nSPS) is 28.7. The van der Waals surface area contributed by atoms with Crippen LogP contribution in [0.25, 0.3) is 10.8 Å². The Hall–Kier alpha value is -1.43. The van der Waals surface area contributed by atoms with E-state index >= 15 is 0 Å². The van der Waals surface area contributed by atoms with Gasteiger partial charge in [-0.2, -0.15) is 4.31 Å². The van der Waals surface area contributed by atoms with E-state index in [1.165, 1.54) is 0 Å². The lowest BCUT2D eigenvalue weighted by atomic mass is 9.48. The molecule has 4 nitrogen and oxygen atoms in total. The molecule has 1 heterocycles. The van der Waals surface area contributed by atoms with E-state index in [0.29, 0.717) is 30.5 Å². The molecule has 0 unspecified atom stereocenters. The average Bonchev–Trinajstić information content (AvgIpc) is 2.90. The van der Waals surface area contributed by atoms with Crippen LogP contribution < -0.4 is 0 Å². The third-order valence-electron chi connectivity index (χ3n) is 6.17. The van der Waals surface area contributed by atoms with Gasteiger partial charge in [-0.05, 0) is 29.2 Å². The van der Waals surface area contributed by atoms with Gasteiger partial charge in [-0.25, -0.2) is 8.42 Å². The Bertz CT molecular complexity index is 916. The molecule has 1 aliphatic carbocycles. The average molecular weight is 359 g/mol. The van der Waals surface area contributed by atoms with E-state index in [1.807, 2.05) is 36.4 Å². The summed E-state index contributed by atoms with van der Waals surface area (Å²) in [6, 6.07) is 13.2. The fraction of sp³-hybridized carbons (Fsp3) is 0.500. The number of hydrogen-bond donors (Lipinski definition) is 0. The third kappa shape index (κ3) is 2.44. The summed E-state index contributed by atoms with van der Waals surface area (Å²) in [4.78, 5) is 0.414. The van der Waals surface area contributed by atoms with Crippen LogP contribution in [-0.4, -0.2) is 39.5 Å². The summed E-state index contributed by atoms with van der Waals surface area (Å²) in [5.74, 6) is 0.352. The van der Waals surface area contributed by atoms with Crippen LogP contribution in [0.15, 0.2) is 47.4 Å². The van der Waals surface area contributed by atoms with Gasteiger partial charge in [-0.3, -0.25) is 0 Å². The van der Waals surface area contributed by atoms with Crippen LogP contribution in [0, 0.1) is 16.7 Å². The minimum atomic E-state index is -3.52. The highest BCUT2D eigenvalue weighted by atomic mass is 32.2. The summed E-state index contributed by atoms with van der Waals surface area (Å²) >= 11 is 0. The first-order chi connectivity index (χ1) is 11.8. The van der Waals surface area contributed by atoms with Gasteiger partial charge in [0.2, 0.25) is 10.0 Å². The summed E-state index contributed by atoms with van der Waals surface area (Å²) in [6.07, 6.45) is 1.01. The number of hydrogen-bond acceptors (Lipinski definition) is 3. The van der Waals surface area contributed by atoms with Gasteiger partial charge in [0.05, 0.1) is 11.5 Å². The quantitative estimate of drug-likeness (QED) is 0.839. The minimum absolute atomic E-state index is 0.0318. The zero-order chi connectivity index (χ0) is 17.9. The Balaban J connectivity index is 1.74. The number of fused-ring (bicyclic) bond motifs is 2. The van der Waals surface area contributed by atoms with E-state index in [2.05, 4.69) is 13.8 Å². The lowest BCUT2D eigenvalue weighted by molar-refractivity contribution is -0.106. The first kappa shape index (κ1) is 17.0. The lowest BCUT2D eigenvalue weighted by Crippen LogP contribution is -2.55. The summed E-state index contributed by atoms with van der Waals surface area (Å²) < 4.78 is 34.0. The molecule has 2 aromatic carbocycles. The van der Waals surface area contributed by atoms with Crippen molar-refractivity contribution >= 4 is 20.8 Å². The number of nitrogens with zero attached hydrogens (tertiary/aromatic N) is 1. The summed E-state index contributed by atoms with van der Waals surface area (Å²) in [5.41, 5.74) is 0.136. The highest BCUT2D eigenvalue weighted by Gasteiger charge is 2.64. The molecule has 0 radical (unpaired) electrons. The van der Waals surface area contributed by atoms with Crippen molar-refractivity contribution in [3.05, 3.63) is 42.5 Å². The van der Waals surface area contributed by atoms with Gasteiger partial charge in [0.15, 0.2) is 0 Å². The second kappa shape index (κ2) is 5.53. The molecule has 0 aromatic heterocycles. The largest absolute Gasteiger partial charge is 0.384 e. The number of benzene rings is 2. The molecular formula is C20H25NO3S. The van der Waals surface area contributed by atoms with E-state index in [9.17, 15) is 8.42 Å². The van der Waals surface area contributed by atoms with Gasteiger partial charge >= 0.3 is 0 Å². The molecule has 2 aliphatic rings. The van der Waals surface area contributed by atoms with E-state index in [1.54, 1.807) is 17.5 Å². The highest BCUT2D eigenvalue weighted by Crippen LogP contribution is 2.63. The molecule has 1 saturated heterocycles. The zero-order valence-corrected chi connectivity index (χ0v) is 15.8. The van der Waals surface area contributed by atoms with Crippen LogP contribution in [0.4, 0.5) is 0 Å². The van der Waals surface area contributed by atoms with Gasteiger partial charge < -0.3 is 4.74 Å². The Kier molecular flexibility index (Phi) is 3.76. The molecule has 5 heteroatoms. The first-order valence-electron chi connectivity index (χ1n) is 8.77. The Labute approximate surface area is 149 Å². The van der Waals surface area contributed by atoms with Crippen LogP contribution in [0.2, 0.25) is 0 Å². The molecule has 0 spiro atoms. The van der Waals surface area contributed by atoms with Gasteiger partial charge in [-0.1, -0.05) is 50.2 Å². The maximum absolute atomic E-state index is 13.4. The standard InChI is InChI=1S/C20H25NO3S/c1-19(2)12-20(14-24-3)13-21(11-18(19)20)25(22,23)17-10-6-8-15-7-4-5-9-16(15)17/h4-10,18H,11-14H2,1-3H3/t18-,20-/m1/s1. The first-order valence-corrected chi connectivity index (χ1v) is 10.2. The second-order valence-corrected chi connectivity index (χ2v) is 10.2. The molecule has 1 aliphatic heterocycles. The smallest absolute Gasteiger partial charge is 0.243 e. The number of rotatable bonds is 4. The molecule has 2 aromatic rings. The van der Waals surface area contributed by atoms with Gasteiger partial charge in [0.25, 0.3) is 0 Å². The Morgan fingerprint density at radius 1 is 1.16 bits per heavy atom. The molecule has 0 N–H and O–H groups in total. The number of sulfonamides is 1. The van der Waals surface area contributed by atoms with Gasteiger partial charge in [0.1, 0.15) is 0 Å². The summed E-state index contributed by atoms with van der Waals surface area (Å²) in [5, 5.41) is 1.75. The number of methoxy groups -OCH3 is 1. The summed E-state index contributed by atoms with van der Waals surface area (Å²) in [7, 11) is -1.81. The zero-order valence-electron chi connectivity index (χ0n) is 15.0. The van der Waals surface area contributed by atoms with Crippen LogP contribution in [-0.2, 0) is 14.8 Å². The Morgan fingerprint density at radius 3 is 2.60 bits per heavy atom. The Morgan fingerprint density at radius 2 is 1.88 bits per heavy atom. The molecule has 1 saturated carbocycles. The molecule has 2 fully saturated rings. The van der Waals surface area contributed by atoms with Crippen LogP contribution in [0.5, 0.6) is 0 Å². The van der Waals surface area contributed by atoms with E-state index < -0.39 is 10.0 Å². The minimum Gasteiger partial charge on any atom is -0.384 e. The molecular weight excluding hydrogens is 334 g/mol. The van der Waals surface area contributed by atoms with Crippen molar-refractivity contribution in [1.82, 2.24) is 4.31 Å². The predicted molar refractivity (Wildman–Crippen MR) is 98.9 cm³/mol. The molecule has 25 heavy (non-hydrogen) atoms. The SMILES string of the molecule is COC[C@@]12CN(S(=O)(=O)c3cccc4ccccc34)C[C@@H]1C(C)(C)C2. The van der Waals surface area contributed by atoms with Gasteiger partial charge in [-0.15, -0.1) is 0 Å². The van der Waals surface area contributed by atoms with Crippen molar-refractivity contribution in [3.8, 4) is 0 Å². The molecule has 134 valence electrons. The van der Waals surface area contributed by atoms with Crippen molar-refractivity contribution < 1.29 is 13.2 Å². The molecule has 0 amide bonds. The van der Waals surface area contributed by atoms with Crippen molar-refractivity contribution in [3.63, 3.8) is 0 Å². The van der Waals surface area contributed by atoms with Crippen molar-refractivity contribution in [2.24, 2.45) is 16.7 Å². The third-order valence-corrected chi connectivity index (χ3v) is 8.04. The van der Waals surface area contributed by atoms with Crippen LogP contribution >= 0.6 is 0 Å². The maximum Gasteiger partial charge on any atom is 0.243 e. The van der Waals surface area contributed by atoms with E-state index in [4.69, 9.17) is 4.74 Å². The van der Waals surface area contributed by atoms with E-state index in [0.717, 1.165) is 17.2 Å². The molecule has 0 bridgehead atoms. The van der Waals surface area contributed by atoms with Gasteiger partial charge in [0, 0.05) is 31.0 Å². The van der Waals surface area contributed by atoms with Crippen molar-refractivity contribution in [1.29, 1.82) is 0 Å². The van der Waals surface area contributed by atoms with Crippen molar-refractivity contribution in [2.45, 2.75) is 25.2 Å². The summed E-state index contributed by atoms with van der Waals surface area (Å²) in [6.45, 7) is 6.24. The predicted octanol–water partition coefficient (Wildman–Crippen LogP) is 3.52. The molecule has 2 atom stereocenters. The van der Waals surface area contributed by atoms with Crippen molar-refractivity contribution in [2.75, 3.05) is 26.8 Å². The van der Waals surface area contributed by atoms with E-state index in [-0.39, 0.29) is 10.8 Å². The number of ether oxygens (including phenoxy) is 1. The second-order valence-electron chi connectivity index (χ2n) is 8.29. The monoisotopic (exact) mass is 359 g/mol. The fourth-order valence-corrected chi connectivity index (χ4v) is 7.07.